The second-order valence-electron chi connectivity index (χ2n) is 6.02. The summed E-state index contributed by atoms with van der Waals surface area (Å²) < 4.78 is 23.5. The van der Waals surface area contributed by atoms with E-state index in [1.165, 1.54) is 29.2 Å². The minimum Gasteiger partial charge on any atom is -0.484 e. The molecule has 2 aliphatic rings. The van der Waals surface area contributed by atoms with Crippen molar-refractivity contribution in [3.05, 3.63) is 30.1 Å². The highest BCUT2D eigenvalue weighted by Crippen LogP contribution is 2.41. The number of carbonyl (C=O) groups is 2. The van der Waals surface area contributed by atoms with Crippen molar-refractivity contribution in [1.82, 2.24) is 4.90 Å². The van der Waals surface area contributed by atoms with Crippen LogP contribution in [0.2, 0.25) is 0 Å². The molecular weight excluding hydrogens is 305 g/mol. The lowest BCUT2D eigenvalue weighted by molar-refractivity contribution is -0.160. The van der Waals surface area contributed by atoms with E-state index in [1.807, 2.05) is 0 Å². The van der Waals surface area contributed by atoms with Gasteiger partial charge < -0.3 is 19.5 Å². The molecule has 0 aliphatic carbocycles. The molecule has 1 amide bonds. The number of carboxylic acid groups (broad SMARTS) is 1. The van der Waals surface area contributed by atoms with E-state index in [4.69, 9.17) is 9.47 Å². The Morgan fingerprint density at radius 1 is 1.39 bits per heavy atom. The molecule has 2 saturated heterocycles. The third-order valence-electron chi connectivity index (χ3n) is 4.62. The average molecular weight is 323 g/mol. The molecule has 7 heteroatoms. The van der Waals surface area contributed by atoms with Gasteiger partial charge in [-0.2, -0.15) is 0 Å². The molecule has 0 unspecified atom stereocenters. The topological polar surface area (TPSA) is 76.1 Å². The minimum absolute atomic E-state index is 0.0940. The summed E-state index contributed by atoms with van der Waals surface area (Å²) in [5.41, 5.74) is -1.01. The van der Waals surface area contributed by atoms with Gasteiger partial charge in [0.2, 0.25) is 0 Å². The number of hydrogen-bond acceptors (Lipinski definition) is 4. The SMILES string of the molecule is O=C(COc1ccc(F)cc1)N1C[C@@H]2CCOC[C@]2(C(=O)O)C1. The summed E-state index contributed by atoms with van der Waals surface area (Å²) >= 11 is 0. The highest BCUT2D eigenvalue weighted by molar-refractivity contribution is 5.82. The molecule has 0 radical (unpaired) electrons. The van der Waals surface area contributed by atoms with Crippen molar-refractivity contribution in [2.24, 2.45) is 11.3 Å². The summed E-state index contributed by atoms with van der Waals surface area (Å²) in [5.74, 6) is -1.27. The van der Waals surface area contributed by atoms with E-state index in [9.17, 15) is 19.1 Å². The number of fused-ring (bicyclic) bond motifs is 1. The first-order valence-electron chi connectivity index (χ1n) is 7.48. The number of ether oxygens (including phenoxy) is 2. The number of rotatable bonds is 4. The Hall–Kier alpha value is -2.15. The van der Waals surface area contributed by atoms with Crippen LogP contribution in [0.4, 0.5) is 4.39 Å². The van der Waals surface area contributed by atoms with Crippen LogP contribution in [0.1, 0.15) is 6.42 Å². The predicted molar refractivity (Wildman–Crippen MR) is 77.5 cm³/mol. The summed E-state index contributed by atoms with van der Waals surface area (Å²) in [4.78, 5) is 25.5. The fourth-order valence-electron chi connectivity index (χ4n) is 3.25. The van der Waals surface area contributed by atoms with E-state index >= 15 is 0 Å². The molecule has 124 valence electrons. The smallest absolute Gasteiger partial charge is 0.314 e. The van der Waals surface area contributed by atoms with Crippen LogP contribution in [0, 0.1) is 17.2 Å². The van der Waals surface area contributed by atoms with Crippen molar-refractivity contribution in [2.75, 3.05) is 32.9 Å². The Labute approximate surface area is 132 Å². The Balaban J connectivity index is 1.62. The maximum Gasteiger partial charge on any atom is 0.314 e. The normalized spacial score (nSPS) is 26.7. The van der Waals surface area contributed by atoms with Crippen LogP contribution in [0.5, 0.6) is 5.75 Å². The monoisotopic (exact) mass is 323 g/mol. The molecule has 1 aromatic carbocycles. The number of carboxylic acids is 1. The molecule has 3 rings (SSSR count). The predicted octanol–water partition coefficient (Wildman–Crippen LogP) is 1.15. The van der Waals surface area contributed by atoms with E-state index in [1.54, 1.807) is 0 Å². The maximum atomic E-state index is 12.8. The number of amides is 1. The van der Waals surface area contributed by atoms with Gasteiger partial charge in [-0.3, -0.25) is 9.59 Å². The number of halogens is 1. The van der Waals surface area contributed by atoms with Crippen LogP contribution < -0.4 is 4.74 Å². The first-order valence-corrected chi connectivity index (χ1v) is 7.48. The van der Waals surface area contributed by atoms with Crippen LogP contribution >= 0.6 is 0 Å². The molecule has 2 fully saturated rings. The first-order chi connectivity index (χ1) is 11.0. The van der Waals surface area contributed by atoms with Gasteiger partial charge in [0.25, 0.3) is 5.91 Å². The van der Waals surface area contributed by atoms with E-state index < -0.39 is 11.4 Å². The van der Waals surface area contributed by atoms with Crippen molar-refractivity contribution in [3.8, 4) is 5.75 Å². The fraction of sp³-hybridized carbons (Fsp3) is 0.500. The van der Waals surface area contributed by atoms with E-state index in [2.05, 4.69) is 0 Å². The number of carbonyl (C=O) groups excluding carboxylic acids is 1. The summed E-state index contributed by atoms with van der Waals surface area (Å²) in [7, 11) is 0. The second-order valence-corrected chi connectivity index (χ2v) is 6.02. The molecule has 2 heterocycles. The highest BCUT2D eigenvalue weighted by Gasteiger charge is 2.55. The van der Waals surface area contributed by atoms with Gasteiger partial charge in [0.05, 0.1) is 6.61 Å². The van der Waals surface area contributed by atoms with E-state index in [0.717, 1.165) is 0 Å². The zero-order chi connectivity index (χ0) is 16.4. The van der Waals surface area contributed by atoms with Gasteiger partial charge in [-0.1, -0.05) is 0 Å². The molecule has 1 N–H and O–H groups in total. The van der Waals surface area contributed by atoms with Crippen molar-refractivity contribution in [2.45, 2.75) is 6.42 Å². The molecule has 2 aliphatic heterocycles. The third kappa shape index (κ3) is 3.01. The van der Waals surface area contributed by atoms with Gasteiger partial charge in [0, 0.05) is 19.7 Å². The third-order valence-corrected chi connectivity index (χ3v) is 4.62. The molecule has 0 aromatic heterocycles. The first kappa shape index (κ1) is 15.7. The van der Waals surface area contributed by atoms with Crippen LogP contribution in [0.15, 0.2) is 24.3 Å². The minimum atomic E-state index is -1.01. The van der Waals surface area contributed by atoms with Crippen LogP contribution in [-0.4, -0.2) is 54.8 Å². The molecule has 2 atom stereocenters. The van der Waals surface area contributed by atoms with E-state index in [-0.39, 0.29) is 37.4 Å². The van der Waals surface area contributed by atoms with Gasteiger partial charge in [-0.15, -0.1) is 0 Å². The largest absolute Gasteiger partial charge is 0.484 e. The Morgan fingerprint density at radius 2 is 2.13 bits per heavy atom. The van der Waals surface area contributed by atoms with Gasteiger partial charge >= 0.3 is 5.97 Å². The Bertz CT molecular complexity index is 605. The molecule has 6 nitrogen and oxygen atoms in total. The fourth-order valence-corrected chi connectivity index (χ4v) is 3.25. The molecule has 1 aromatic rings. The van der Waals surface area contributed by atoms with Crippen LogP contribution in [0.3, 0.4) is 0 Å². The Morgan fingerprint density at radius 3 is 2.78 bits per heavy atom. The van der Waals surface area contributed by atoms with Crippen LogP contribution in [-0.2, 0) is 14.3 Å². The van der Waals surface area contributed by atoms with Crippen molar-refractivity contribution in [1.29, 1.82) is 0 Å². The molecule has 0 saturated carbocycles. The number of aliphatic carboxylic acids is 1. The van der Waals surface area contributed by atoms with Crippen molar-refractivity contribution in [3.63, 3.8) is 0 Å². The summed E-state index contributed by atoms with van der Waals surface area (Å²) in [6.45, 7) is 0.998. The number of hydrogen-bond donors (Lipinski definition) is 1. The summed E-state index contributed by atoms with van der Waals surface area (Å²) in [6.07, 6.45) is 0.634. The molecular formula is C16H18FNO5. The van der Waals surface area contributed by atoms with Gasteiger partial charge in [0.15, 0.2) is 6.61 Å². The maximum absolute atomic E-state index is 12.8. The lowest BCUT2D eigenvalue weighted by Gasteiger charge is -2.33. The zero-order valence-corrected chi connectivity index (χ0v) is 12.5. The molecule has 0 spiro atoms. The van der Waals surface area contributed by atoms with Crippen molar-refractivity contribution < 1.29 is 28.6 Å². The standard InChI is InChI=1S/C16H18FNO5/c17-12-1-3-13(4-2-12)23-8-14(19)18-7-11-5-6-22-10-16(11,9-18)15(20)21/h1-4,11H,5-10H2,(H,20,21)/t11-,16+/m0/s1. The second kappa shape index (κ2) is 6.16. The van der Waals surface area contributed by atoms with Crippen LogP contribution in [0.25, 0.3) is 0 Å². The van der Waals surface area contributed by atoms with Gasteiger partial charge in [-0.25, -0.2) is 4.39 Å². The lowest BCUT2D eigenvalue weighted by atomic mass is 9.76. The number of benzene rings is 1. The number of nitrogens with zero attached hydrogens (tertiary/aromatic N) is 1. The van der Waals surface area contributed by atoms with Crippen molar-refractivity contribution >= 4 is 11.9 Å². The Kier molecular flexibility index (Phi) is 4.21. The van der Waals surface area contributed by atoms with Gasteiger partial charge in [-0.05, 0) is 36.6 Å². The lowest BCUT2D eigenvalue weighted by Crippen LogP contribution is -2.46. The zero-order valence-electron chi connectivity index (χ0n) is 12.5. The molecule has 23 heavy (non-hydrogen) atoms. The quantitative estimate of drug-likeness (QED) is 0.900. The van der Waals surface area contributed by atoms with Gasteiger partial charge in [0.1, 0.15) is 17.0 Å². The average Bonchev–Trinajstić information content (AvgIpc) is 2.95. The summed E-state index contributed by atoms with van der Waals surface area (Å²) in [6, 6.07) is 5.39. The summed E-state index contributed by atoms with van der Waals surface area (Å²) in [5, 5.41) is 9.55. The molecule has 0 bridgehead atoms. The number of likely N-dealkylation sites (tertiary alicyclic amines) is 1. The highest BCUT2D eigenvalue weighted by atomic mass is 19.1. The van der Waals surface area contributed by atoms with E-state index in [0.29, 0.717) is 25.3 Å².